The molecule has 27 heavy (non-hydrogen) atoms. The zero-order valence-electron chi connectivity index (χ0n) is 14.0. The van der Waals surface area contributed by atoms with Crippen molar-refractivity contribution in [3.8, 4) is 11.1 Å². The van der Waals surface area contributed by atoms with E-state index in [4.69, 9.17) is 0 Å². The molecule has 1 aromatic carbocycles. The summed E-state index contributed by atoms with van der Waals surface area (Å²) in [7, 11) is 0. The Balaban J connectivity index is 2.05. The van der Waals surface area contributed by atoms with E-state index in [1.807, 2.05) is 0 Å². The molecule has 1 heterocycles. The lowest BCUT2D eigenvalue weighted by atomic mass is 10.1. The summed E-state index contributed by atoms with van der Waals surface area (Å²) in [5.41, 5.74) is 4.07. The molecule has 0 amide bonds. The predicted octanol–water partition coefficient (Wildman–Crippen LogP) is 3.35. The second-order valence-corrected chi connectivity index (χ2v) is 5.07. The number of rotatable bonds is 8. The molecule has 0 saturated heterocycles. The molecule has 0 atom stereocenters. The maximum absolute atomic E-state index is 10.7. The number of nitro groups is 2. The van der Waals surface area contributed by atoms with Gasteiger partial charge in [0.25, 0.3) is 11.4 Å². The highest BCUT2D eigenvalue weighted by atomic mass is 16.6. The summed E-state index contributed by atoms with van der Waals surface area (Å²) >= 11 is 0. The molecule has 0 spiro atoms. The lowest BCUT2D eigenvalue weighted by Gasteiger charge is -2.02. The molecular formula is C17H14N6O4. The molecule has 10 nitrogen and oxygen atoms in total. The highest BCUT2D eigenvalue weighted by Crippen LogP contribution is 2.21. The van der Waals surface area contributed by atoms with Crippen molar-refractivity contribution in [3.63, 3.8) is 0 Å². The highest BCUT2D eigenvalue weighted by molar-refractivity contribution is 5.83. The number of nitrogens with zero attached hydrogens (tertiary/aromatic N) is 5. The lowest BCUT2D eigenvalue weighted by molar-refractivity contribution is -0.418. The van der Waals surface area contributed by atoms with Crippen LogP contribution in [0.2, 0.25) is 0 Å². The first-order valence-electron chi connectivity index (χ1n) is 7.44. The Labute approximate surface area is 153 Å². The van der Waals surface area contributed by atoms with Gasteiger partial charge in [0, 0.05) is 41.7 Å². The third-order valence-electron chi connectivity index (χ3n) is 3.24. The first-order chi connectivity index (χ1) is 12.9. The minimum atomic E-state index is -0.620. The Bertz CT molecular complexity index is 933. The summed E-state index contributed by atoms with van der Waals surface area (Å²) in [5.74, 6) is 0.202. The Kier molecular flexibility index (Phi) is 6.20. The zero-order valence-corrected chi connectivity index (χ0v) is 14.0. The third-order valence-corrected chi connectivity index (χ3v) is 3.24. The van der Waals surface area contributed by atoms with Crippen molar-refractivity contribution >= 4 is 17.9 Å². The number of hydrogen-bond acceptors (Lipinski definition) is 8. The largest absolute Gasteiger partial charge is 0.269 e. The number of anilines is 1. The molecule has 0 unspecified atom stereocenters. The average molecular weight is 366 g/mol. The van der Waals surface area contributed by atoms with Gasteiger partial charge in [-0.05, 0) is 24.3 Å². The maximum atomic E-state index is 10.7. The zero-order chi connectivity index (χ0) is 19.8. The van der Waals surface area contributed by atoms with Crippen molar-refractivity contribution in [2.75, 3.05) is 5.43 Å². The van der Waals surface area contributed by atoms with E-state index < -0.39 is 9.85 Å². The third kappa shape index (κ3) is 5.39. The molecule has 136 valence electrons. The van der Waals surface area contributed by atoms with Gasteiger partial charge in [0.2, 0.25) is 5.95 Å². The van der Waals surface area contributed by atoms with Gasteiger partial charge in [-0.3, -0.25) is 20.2 Å². The van der Waals surface area contributed by atoms with Crippen LogP contribution in [0.5, 0.6) is 0 Å². The average Bonchev–Trinajstić information content (AvgIpc) is 2.67. The van der Waals surface area contributed by atoms with Gasteiger partial charge in [0.05, 0.1) is 16.1 Å². The second kappa shape index (κ2) is 8.76. The summed E-state index contributed by atoms with van der Waals surface area (Å²) in [6.07, 6.45) is 6.99. The van der Waals surface area contributed by atoms with Gasteiger partial charge in [-0.15, -0.1) is 0 Å². The van der Waals surface area contributed by atoms with Crippen molar-refractivity contribution in [1.29, 1.82) is 0 Å². The first-order valence-corrected chi connectivity index (χ1v) is 7.44. The Morgan fingerprint density at radius 1 is 1.11 bits per heavy atom. The fourth-order valence-electron chi connectivity index (χ4n) is 1.87. The Hall–Kier alpha value is -4.21. The van der Waals surface area contributed by atoms with Crippen LogP contribution >= 0.6 is 0 Å². The van der Waals surface area contributed by atoms with Crippen LogP contribution in [0.25, 0.3) is 11.1 Å². The van der Waals surface area contributed by atoms with Gasteiger partial charge < -0.3 is 0 Å². The van der Waals surface area contributed by atoms with E-state index in [1.54, 1.807) is 12.1 Å². The molecule has 0 aliphatic heterocycles. The number of hydrazone groups is 1. The van der Waals surface area contributed by atoms with E-state index in [-0.39, 0.29) is 17.3 Å². The number of benzene rings is 1. The van der Waals surface area contributed by atoms with Crippen molar-refractivity contribution < 1.29 is 9.85 Å². The van der Waals surface area contributed by atoms with Gasteiger partial charge in [0.1, 0.15) is 0 Å². The number of aromatic nitrogens is 2. The van der Waals surface area contributed by atoms with Crippen LogP contribution in [-0.4, -0.2) is 26.0 Å². The molecule has 1 N–H and O–H groups in total. The minimum absolute atomic E-state index is 0.00173. The SMILES string of the molecule is C=CC(/C=N/Nc1ncc(-c2ccc([N+](=O)[O-])cc2)cn1)=C\C(=C)[N+](=O)[O-]. The van der Waals surface area contributed by atoms with E-state index >= 15 is 0 Å². The van der Waals surface area contributed by atoms with E-state index in [0.29, 0.717) is 11.1 Å². The fraction of sp³-hybridized carbons (Fsp3) is 0. The molecule has 0 aliphatic carbocycles. The molecule has 0 bridgehead atoms. The summed E-state index contributed by atoms with van der Waals surface area (Å²) < 4.78 is 0. The van der Waals surface area contributed by atoms with Crippen LogP contribution in [0.1, 0.15) is 0 Å². The molecule has 2 aromatic rings. The quantitative estimate of drug-likeness (QED) is 0.327. The summed E-state index contributed by atoms with van der Waals surface area (Å²) in [4.78, 5) is 28.3. The molecule has 0 saturated carbocycles. The van der Waals surface area contributed by atoms with E-state index in [9.17, 15) is 20.2 Å². The van der Waals surface area contributed by atoms with Crippen LogP contribution in [0.4, 0.5) is 11.6 Å². The van der Waals surface area contributed by atoms with Gasteiger partial charge in [-0.25, -0.2) is 15.4 Å². The maximum Gasteiger partial charge on any atom is 0.269 e. The molecule has 2 rings (SSSR count). The summed E-state index contributed by atoms with van der Waals surface area (Å²) in [6, 6.07) is 6.00. The molecule has 0 aliphatic rings. The number of non-ortho nitro benzene ring substituents is 1. The monoisotopic (exact) mass is 366 g/mol. The van der Waals surface area contributed by atoms with Gasteiger partial charge in [0.15, 0.2) is 0 Å². The smallest absolute Gasteiger partial charge is 0.258 e. The van der Waals surface area contributed by atoms with Crippen LogP contribution in [0.15, 0.2) is 78.3 Å². The minimum Gasteiger partial charge on any atom is -0.258 e. The van der Waals surface area contributed by atoms with Crippen LogP contribution in [-0.2, 0) is 0 Å². The first kappa shape index (κ1) is 19.1. The Morgan fingerprint density at radius 3 is 2.26 bits per heavy atom. The molecule has 0 fully saturated rings. The molecule has 0 radical (unpaired) electrons. The van der Waals surface area contributed by atoms with Crippen LogP contribution in [0.3, 0.4) is 0 Å². The van der Waals surface area contributed by atoms with Crippen LogP contribution in [0, 0.1) is 20.2 Å². The normalized spacial score (nSPS) is 11.2. The second-order valence-electron chi connectivity index (χ2n) is 5.07. The fourth-order valence-corrected chi connectivity index (χ4v) is 1.87. The van der Waals surface area contributed by atoms with E-state index in [1.165, 1.54) is 42.9 Å². The molecular weight excluding hydrogens is 352 g/mol. The van der Waals surface area contributed by atoms with Gasteiger partial charge in [-0.2, -0.15) is 5.10 Å². The number of allylic oxidation sites excluding steroid dienone is 3. The van der Waals surface area contributed by atoms with Gasteiger partial charge in [-0.1, -0.05) is 12.7 Å². The van der Waals surface area contributed by atoms with E-state index in [2.05, 4.69) is 33.7 Å². The van der Waals surface area contributed by atoms with Gasteiger partial charge >= 0.3 is 0 Å². The number of nitrogens with one attached hydrogen (secondary N) is 1. The van der Waals surface area contributed by atoms with Crippen molar-refractivity contribution in [3.05, 3.63) is 93.5 Å². The highest BCUT2D eigenvalue weighted by Gasteiger charge is 2.06. The Morgan fingerprint density at radius 2 is 1.74 bits per heavy atom. The summed E-state index contributed by atoms with van der Waals surface area (Å²) in [6.45, 7) is 6.83. The standard InChI is InChI=1S/C17H14N6O4/c1-3-13(8-12(2)22(24)25)9-20-21-17-18-10-15(11-19-17)14-4-6-16(7-5-14)23(26)27/h3-11H,1-2H2,(H,18,19,21)/b13-8+,20-9+. The lowest BCUT2D eigenvalue weighted by Crippen LogP contribution is -1.98. The molecule has 1 aromatic heterocycles. The van der Waals surface area contributed by atoms with Crippen molar-refractivity contribution in [1.82, 2.24) is 9.97 Å². The molecule has 10 heteroatoms. The summed E-state index contributed by atoms with van der Waals surface area (Å²) in [5, 5.41) is 25.1. The van der Waals surface area contributed by atoms with Crippen LogP contribution < -0.4 is 5.43 Å². The van der Waals surface area contributed by atoms with E-state index in [0.717, 1.165) is 5.56 Å². The number of nitro benzene ring substituents is 1. The van der Waals surface area contributed by atoms with Crippen molar-refractivity contribution in [2.24, 2.45) is 5.10 Å². The number of hydrogen-bond donors (Lipinski definition) is 1. The topological polar surface area (TPSA) is 136 Å². The van der Waals surface area contributed by atoms with Crippen molar-refractivity contribution in [2.45, 2.75) is 0 Å². The predicted molar refractivity (Wildman–Crippen MR) is 101 cm³/mol.